The summed E-state index contributed by atoms with van der Waals surface area (Å²) in [7, 11) is 1.64. The zero-order valence-electron chi connectivity index (χ0n) is 15.1. The molecule has 3 aromatic rings. The van der Waals surface area contributed by atoms with Gasteiger partial charge in [-0.1, -0.05) is 30.3 Å². The Bertz CT molecular complexity index is 850. The van der Waals surface area contributed by atoms with Crippen molar-refractivity contribution < 1.29 is 4.74 Å². The van der Waals surface area contributed by atoms with Crippen LogP contribution in [0, 0.1) is 0 Å². The van der Waals surface area contributed by atoms with E-state index in [1.54, 1.807) is 18.4 Å². The molecule has 0 fully saturated rings. The highest BCUT2D eigenvalue weighted by Crippen LogP contribution is 2.16. The van der Waals surface area contributed by atoms with Gasteiger partial charge in [0, 0.05) is 17.5 Å². The Morgan fingerprint density at radius 1 is 1.11 bits per heavy atom. The summed E-state index contributed by atoms with van der Waals surface area (Å²) >= 11 is 1.67. The Morgan fingerprint density at radius 2 is 1.85 bits per heavy atom. The summed E-state index contributed by atoms with van der Waals surface area (Å²) in [6.45, 7) is 0.469. The van der Waals surface area contributed by atoms with E-state index in [1.165, 1.54) is 5.56 Å². The van der Waals surface area contributed by atoms with Crippen LogP contribution < -0.4 is 15.8 Å². The van der Waals surface area contributed by atoms with Crippen LogP contribution in [0.1, 0.15) is 16.3 Å². The van der Waals surface area contributed by atoms with Crippen molar-refractivity contribution in [2.75, 3.05) is 12.4 Å². The molecule has 142 valence electrons. The van der Waals surface area contributed by atoms with Crippen LogP contribution in [0.2, 0.25) is 0 Å². The van der Waals surface area contributed by atoms with E-state index in [2.05, 4.69) is 39.6 Å². The van der Waals surface area contributed by atoms with Crippen molar-refractivity contribution in [3.8, 4) is 5.75 Å². The van der Waals surface area contributed by atoms with Gasteiger partial charge in [0.15, 0.2) is 5.96 Å². The van der Waals surface area contributed by atoms with Gasteiger partial charge in [-0.15, -0.1) is 35.3 Å². The first-order valence-corrected chi connectivity index (χ1v) is 9.29. The first-order chi connectivity index (χ1) is 12.7. The summed E-state index contributed by atoms with van der Waals surface area (Å²) in [5.41, 5.74) is 9.09. The lowest BCUT2D eigenvalue weighted by atomic mass is 10.1. The van der Waals surface area contributed by atoms with Crippen molar-refractivity contribution in [3.05, 3.63) is 76.2 Å². The lowest BCUT2D eigenvalue weighted by Gasteiger charge is -2.06. The SMILES string of the molecule is COc1ccc(NC(N)=NCc2csc(CCc3ccccc3)n2)cc1.I. The maximum atomic E-state index is 5.95. The molecule has 0 saturated heterocycles. The number of benzene rings is 2. The summed E-state index contributed by atoms with van der Waals surface area (Å²) in [6.07, 6.45) is 1.94. The molecule has 0 aliphatic carbocycles. The van der Waals surface area contributed by atoms with Gasteiger partial charge in [0.2, 0.25) is 0 Å². The molecule has 0 bridgehead atoms. The molecule has 2 aromatic carbocycles. The molecular formula is C20H23IN4OS. The van der Waals surface area contributed by atoms with E-state index >= 15 is 0 Å². The van der Waals surface area contributed by atoms with Gasteiger partial charge in [-0.2, -0.15) is 0 Å². The van der Waals surface area contributed by atoms with Crippen molar-refractivity contribution in [1.82, 2.24) is 4.98 Å². The number of nitrogens with zero attached hydrogens (tertiary/aromatic N) is 2. The topological polar surface area (TPSA) is 72.5 Å². The van der Waals surface area contributed by atoms with Gasteiger partial charge < -0.3 is 15.8 Å². The fraction of sp³-hybridized carbons (Fsp3) is 0.200. The Balaban J connectivity index is 0.00000261. The molecule has 0 aliphatic heterocycles. The predicted molar refractivity (Wildman–Crippen MR) is 123 cm³/mol. The number of guanidine groups is 1. The van der Waals surface area contributed by atoms with Crippen molar-refractivity contribution in [1.29, 1.82) is 0 Å². The van der Waals surface area contributed by atoms with Crippen LogP contribution >= 0.6 is 35.3 Å². The van der Waals surface area contributed by atoms with Crippen LogP contribution in [-0.4, -0.2) is 18.1 Å². The third kappa shape index (κ3) is 6.84. The molecule has 0 atom stereocenters. The third-order valence-electron chi connectivity index (χ3n) is 3.84. The van der Waals surface area contributed by atoms with Crippen molar-refractivity contribution in [2.45, 2.75) is 19.4 Å². The molecular weight excluding hydrogens is 471 g/mol. The lowest BCUT2D eigenvalue weighted by molar-refractivity contribution is 0.415. The van der Waals surface area contributed by atoms with Crippen LogP contribution in [0.15, 0.2) is 65.0 Å². The van der Waals surface area contributed by atoms with Gasteiger partial charge in [0.05, 0.1) is 24.4 Å². The number of hydrogen-bond donors (Lipinski definition) is 2. The molecule has 7 heteroatoms. The smallest absolute Gasteiger partial charge is 0.193 e. The molecule has 1 aromatic heterocycles. The number of anilines is 1. The number of hydrogen-bond acceptors (Lipinski definition) is 4. The number of rotatable bonds is 7. The van der Waals surface area contributed by atoms with E-state index in [9.17, 15) is 0 Å². The largest absolute Gasteiger partial charge is 0.497 e. The Hall–Kier alpha value is -2.13. The number of aromatic nitrogens is 1. The summed E-state index contributed by atoms with van der Waals surface area (Å²) < 4.78 is 5.13. The molecule has 0 aliphatic rings. The predicted octanol–water partition coefficient (Wildman–Crippen LogP) is 4.48. The first-order valence-electron chi connectivity index (χ1n) is 8.41. The monoisotopic (exact) mass is 494 g/mol. The molecule has 5 nitrogen and oxygen atoms in total. The lowest BCUT2D eigenvalue weighted by Crippen LogP contribution is -2.22. The van der Waals surface area contributed by atoms with Crippen molar-refractivity contribution >= 4 is 47.0 Å². The number of aryl methyl sites for hydroxylation is 2. The summed E-state index contributed by atoms with van der Waals surface area (Å²) in [6, 6.07) is 18.0. The maximum Gasteiger partial charge on any atom is 0.193 e. The molecule has 1 heterocycles. The number of nitrogens with two attached hydrogens (primary N) is 1. The van der Waals surface area contributed by atoms with E-state index < -0.39 is 0 Å². The molecule has 3 N–H and O–H groups in total. The second kappa shape index (κ2) is 10.9. The van der Waals surface area contributed by atoms with Crippen LogP contribution in [0.25, 0.3) is 0 Å². The van der Waals surface area contributed by atoms with Gasteiger partial charge in [-0.05, 0) is 36.2 Å². The summed E-state index contributed by atoms with van der Waals surface area (Å²) in [5.74, 6) is 1.17. The van der Waals surface area contributed by atoms with Gasteiger partial charge >= 0.3 is 0 Å². The van der Waals surface area contributed by atoms with E-state index in [4.69, 9.17) is 10.5 Å². The van der Waals surface area contributed by atoms with Crippen LogP contribution in [0.5, 0.6) is 5.75 Å². The number of halogens is 1. The summed E-state index contributed by atoms with van der Waals surface area (Å²) in [5, 5.41) is 6.24. The number of methoxy groups -OCH3 is 1. The third-order valence-corrected chi connectivity index (χ3v) is 4.80. The molecule has 0 unspecified atom stereocenters. The fourth-order valence-corrected chi connectivity index (χ4v) is 3.25. The minimum absolute atomic E-state index is 0. The molecule has 0 saturated carbocycles. The minimum Gasteiger partial charge on any atom is -0.497 e. The van der Waals surface area contributed by atoms with Crippen molar-refractivity contribution in [2.24, 2.45) is 10.7 Å². The van der Waals surface area contributed by atoms with Gasteiger partial charge in [0.25, 0.3) is 0 Å². The van der Waals surface area contributed by atoms with Crippen molar-refractivity contribution in [3.63, 3.8) is 0 Å². The standard InChI is InChI=1S/C20H22N4OS.HI/c1-25-18-10-8-16(9-11-18)24-20(21)22-13-17-14-26-19(23-17)12-7-15-5-3-2-4-6-15;/h2-6,8-11,14H,7,12-13H2,1H3,(H3,21,22,24);1H. The van der Waals surface area contributed by atoms with Gasteiger partial charge in [-0.25, -0.2) is 9.98 Å². The molecule has 3 rings (SSSR count). The van der Waals surface area contributed by atoms with Crippen LogP contribution in [0.3, 0.4) is 0 Å². The first kappa shape index (κ1) is 21.2. The number of ether oxygens (including phenoxy) is 1. The number of aliphatic imine (C=N–C) groups is 1. The van der Waals surface area contributed by atoms with E-state index in [-0.39, 0.29) is 24.0 Å². The van der Waals surface area contributed by atoms with E-state index in [1.807, 2.05) is 35.7 Å². The average Bonchev–Trinajstić information content (AvgIpc) is 3.14. The normalized spacial score (nSPS) is 10.9. The zero-order valence-corrected chi connectivity index (χ0v) is 18.2. The van der Waals surface area contributed by atoms with E-state index in [0.29, 0.717) is 12.5 Å². The molecule has 27 heavy (non-hydrogen) atoms. The minimum atomic E-state index is 0. The molecule has 0 amide bonds. The average molecular weight is 494 g/mol. The quantitative estimate of drug-likeness (QED) is 0.289. The second-order valence-electron chi connectivity index (χ2n) is 5.77. The van der Waals surface area contributed by atoms with E-state index in [0.717, 1.165) is 35.0 Å². The van der Waals surface area contributed by atoms with Gasteiger partial charge in [-0.3, -0.25) is 0 Å². The number of thiazole rings is 1. The highest BCUT2D eigenvalue weighted by molar-refractivity contribution is 14.0. The second-order valence-corrected chi connectivity index (χ2v) is 6.72. The zero-order chi connectivity index (χ0) is 18.2. The fourth-order valence-electron chi connectivity index (χ4n) is 2.46. The Kier molecular flexibility index (Phi) is 8.53. The number of nitrogens with one attached hydrogen (secondary N) is 1. The highest BCUT2D eigenvalue weighted by Gasteiger charge is 2.03. The maximum absolute atomic E-state index is 5.95. The summed E-state index contributed by atoms with van der Waals surface area (Å²) in [4.78, 5) is 9.00. The Morgan fingerprint density at radius 3 is 2.56 bits per heavy atom. The van der Waals surface area contributed by atoms with Crippen LogP contribution in [0.4, 0.5) is 5.69 Å². The van der Waals surface area contributed by atoms with Crippen LogP contribution in [-0.2, 0) is 19.4 Å². The highest BCUT2D eigenvalue weighted by atomic mass is 127. The Labute approximate surface area is 180 Å². The van der Waals surface area contributed by atoms with Gasteiger partial charge in [0.1, 0.15) is 5.75 Å². The molecule has 0 radical (unpaired) electrons. The molecule has 0 spiro atoms.